The van der Waals surface area contributed by atoms with E-state index in [0.29, 0.717) is 5.56 Å². The Hall–Kier alpha value is -1.58. The number of aryl methyl sites for hydroxylation is 1. The Bertz CT molecular complexity index is 445. The predicted octanol–water partition coefficient (Wildman–Crippen LogP) is 2.20. The van der Waals surface area contributed by atoms with Gasteiger partial charge >= 0.3 is 5.97 Å². The molecule has 1 unspecified atom stereocenters. The Morgan fingerprint density at radius 2 is 2.19 bits per heavy atom. The molecule has 1 aliphatic rings. The summed E-state index contributed by atoms with van der Waals surface area (Å²) >= 11 is 0. The number of benzene rings is 1. The van der Waals surface area contributed by atoms with Crippen molar-refractivity contribution in [2.24, 2.45) is 0 Å². The molecule has 1 heterocycles. The molecule has 86 valence electrons. The summed E-state index contributed by atoms with van der Waals surface area (Å²) in [4.78, 5) is 11.5. The number of anilines is 1. The van der Waals surface area contributed by atoms with Crippen LogP contribution in [0.15, 0.2) is 12.1 Å². The van der Waals surface area contributed by atoms with E-state index in [2.05, 4.69) is 5.32 Å². The van der Waals surface area contributed by atoms with Crippen molar-refractivity contribution in [1.29, 1.82) is 0 Å². The summed E-state index contributed by atoms with van der Waals surface area (Å²) in [6, 6.07) is 2.65. The molecule has 0 aliphatic carbocycles. The number of carbonyl (C=O) groups excluding carboxylic acids is 1. The van der Waals surface area contributed by atoms with Gasteiger partial charge in [0.2, 0.25) is 0 Å². The van der Waals surface area contributed by atoms with E-state index in [1.165, 1.54) is 13.2 Å². The van der Waals surface area contributed by atoms with Gasteiger partial charge in [0.1, 0.15) is 11.9 Å². The first-order valence-corrected chi connectivity index (χ1v) is 5.19. The number of hydrogen-bond acceptors (Lipinski definition) is 3. The van der Waals surface area contributed by atoms with Gasteiger partial charge in [-0.25, -0.2) is 9.18 Å². The van der Waals surface area contributed by atoms with Crippen molar-refractivity contribution in [2.45, 2.75) is 25.8 Å². The van der Waals surface area contributed by atoms with Gasteiger partial charge in [-0.15, -0.1) is 0 Å². The second-order valence-electron chi connectivity index (χ2n) is 4.09. The molecule has 0 saturated heterocycles. The normalized spacial score (nSPS) is 22.5. The average molecular weight is 223 g/mol. The Morgan fingerprint density at radius 3 is 2.75 bits per heavy atom. The summed E-state index contributed by atoms with van der Waals surface area (Å²) in [5, 5.41) is 3.03. The van der Waals surface area contributed by atoms with Crippen LogP contribution < -0.4 is 5.32 Å². The summed E-state index contributed by atoms with van der Waals surface area (Å²) in [6.07, 6.45) is 0. The molecule has 2 atom stereocenters. The van der Waals surface area contributed by atoms with E-state index < -0.39 is 6.04 Å². The van der Waals surface area contributed by atoms with Gasteiger partial charge in [0.25, 0.3) is 0 Å². The topological polar surface area (TPSA) is 38.3 Å². The molecular weight excluding hydrogens is 209 g/mol. The van der Waals surface area contributed by atoms with Gasteiger partial charge in [0, 0.05) is 17.2 Å². The Labute approximate surface area is 93.6 Å². The van der Waals surface area contributed by atoms with Crippen molar-refractivity contribution in [1.82, 2.24) is 0 Å². The highest BCUT2D eigenvalue weighted by Gasteiger charge is 2.37. The lowest BCUT2D eigenvalue weighted by atomic mass is 9.95. The van der Waals surface area contributed by atoms with Crippen molar-refractivity contribution in [3.05, 3.63) is 29.1 Å². The summed E-state index contributed by atoms with van der Waals surface area (Å²) in [5.41, 5.74) is 2.24. The molecule has 4 heteroatoms. The van der Waals surface area contributed by atoms with Crippen LogP contribution in [0.5, 0.6) is 0 Å². The van der Waals surface area contributed by atoms with Crippen LogP contribution in [0.1, 0.15) is 24.0 Å². The van der Waals surface area contributed by atoms with Gasteiger partial charge in [0.05, 0.1) is 7.11 Å². The molecule has 0 radical (unpaired) electrons. The molecule has 16 heavy (non-hydrogen) atoms. The molecule has 3 nitrogen and oxygen atoms in total. The smallest absolute Gasteiger partial charge is 0.328 e. The van der Waals surface area contributed by atoms with Crippen LogP contribution in [0.3, 0.4) is 0 Å². The monoisotopic (exact) mass is 223 g/mol. The fourth-order valence-electron chi connectivity index (χ4n) is 2.18. The van der Waals surface area contributed by atoms with E-state index in [1.807, 2.05) is 13.8 Å². The van der Waals surface area contributed by atoms with E-state index in [-0.39, 0.29) is 17.7 Å². The van der Waals surface area contributed by atoms with Gasteiger partial charge in [-0.1, -0.05) is 13.0 Å². The van der Waals surface area contributed by atoms with Crippen LogP contribution in [0.4, 0.5) is 10.1 Å². The lowest BCUT2D eigenvalue weighted by Gasteiger charge is -2.13. The van der Waals surface area contributed by atoms with Gasteiger partial charge in [-0.05, 0) is 18.6 Å². The SMILES string of the molecule is COC(=O)[C@H]1Nc2c(C)ccc(F)c2C1C. The molecule has 0 amide bonds. The molecule has 1 aromatic rings. The fourth-order valence-corrected chi connectivity index (χ4v) is 2.18. The second kappa shape index (κ2) is 3.77. The number of halogens is 1. The van der Waals surface area contributed by atoms with Gasteiger partial charge in [-0.2, -0.15) is 0 Å². The number of hydrogen-bond donors (Lipinski definition) is 1. The van der Waals surface area contributed by atoms with Gasteiger partial charge < -0.3 is 10.1 Å². The standard InChI is InChI=1S/C12H14FNO2/c1-6-4-5-8(13)9-7(2)11(12(15)16-3)14-10(6)9/h4-5,7,11,14H,1-3H3/t7?,11-/m0/s1. The quantitative estimate of drug-likeness (QED) is 0.742. The van der Waals surface area contributed by atoms with Crippen molar-refractivity contribution in [3.8, 4) is 0 Å². The minimum atomic E-state index is -0.490. The Kier molecular flexibility index (Phi) is 2.58. The van der Waals surface area contributed by atoms with E-state index in [0.717, 1.165) is 11.3 Å². The highest BCUT2D eigenvalue weighted by Crippen LogP contribution is 2.39. The molecule has 0 aromatic heterocycles. The Morgan fingerprint density at radius 1 is 1.50 bits per heavy atom. The molecule has 1 aliphatic heterocycles. The van der Waals surface area contributed by atoms with Crippen LogP contribution >= 0.6 is 0 Å². The second-order valence-corrected chi connectivity index (χ2v) is 4.09. The molecule has 1 aromatic carbocycles. The van der Waals surface area contributed by atoms with Gasteiger partial charge in [0.15, 0.2) is 0 Å². The first kappa shape index (κ1) is 10.9. The zero-order chi connectivity index (χ0) is 11.9. The van der Waals surface area contributed by atoms with Crippen molar-refractivity contribution in [3.63, 3.8) is 0 Å². The van der Waals surface area contributed by atoms with Crippen molar-refractivity contribution < 1.29 is 13.9 Å². The van der Waals surface area contributed by atoms with E-state index in [1.54, 1.807) is 6.07 Å². The lowest BCUT2D eigenvalue weighted by Crippen LogP contribution is -2.30. The van der Waals surface area contributed by atoms with E-state index >= 15 is 0 Å². The zero-order valence-corrected chi connectivity index (χ0v) is 9.50. The molecule has 1 N–H and O–H groups in total. The van der Waals surface area contributed by atoms with Crippen LogP contribution in [-0.4, -0.2) is 19.1 Å². The number of fused-ring (bicyclic) bond motifs is 1. The van der Waals surface area contributed by atoms with Crippen LogP contribution in [0.2, 0.25) is 0 Å². The van der Waals surface area contributed by atoms with Crippen LogP contribution in [-0.2, 0) is 9.53 Å². The van der Waals surface area contributed by atoms with Crippen molar-refractivity contribution >= 4 is 11.7 Å². The third kappa shape index (κ3) is 1.45. The molecule has 0 fully saturated rings. The first-order valence-electron chi connectivity index (χ1n) is 5.19. The van der Waals surface area contributed by atoms with E-state index in [9.17, 15) is 9.18 Å². The zero-order valence-electron chi connectivity index (χ0n) is 9.50. The highest BCUT2D eigenvalue weighted by atomic mass is 19.1. The average Bonchev–Trinajstić information content (AvgIpc) is 2.62. The number of nitrogens with one attached hydrogen (secondary N) is 1. The maximum absolute atomic E-state index is 13.7. The minimum absolute atomic E-state index is 0.206. The molecule has 0 saturated carbocycles. The number of rotatable bonds is 1. The summed E-state index contributed by atoms with van der Waals surface area (Å²) < 4.78 is 18.4. The molecule has 0 bridgehead atoms. The number of carbonyl (C=O) groups is 1. The first-order chi connectivity index (χ1) is 7.56. The highest BCUT2D eigenvalue weighted by molar-refractivity contribution is 5.85. The van der Waals surface area contributed by atoms with Crippen LogP contribution in [0, 0.1) is 12.7 Å². The van der Waals surface area contributed by atoms with Crippen LogP contribution in [0.25, 0.3) is 0 Å². The summed E-state index contributed by atoms with van der Waals surface area (Å²) in [5.74, 6) is -0.836. The lowest BCUT2D eigenvalue weighted by molar-refractivity contribution is -0.141. The molecular formula is C12H14FNO2. The largest absolute Gasteiger partial charge is 0.467 e. The summed E-state index contributed by atoms with van der Waals surface area (Å²) in [7, 11) is 1.34. The number of ether oxygens (including phenoxy) is 1. The number of methoxy groups -OCH3 is 1. The molecule has 0 spiro atoms. The number of esters is 1. The van der Waals surface area contributed by atoms with E-state index in [4.69, 9.17) is 4.74 Å². The maximum atomic E-state index is 13.7. The minimum Gasteiger partial charge on any atom is -0.467 e. The molecule has 2 rings (SSSR count). The predicted molar refractivity (Wildman–Crippen MR) is 59.0 cm³/mol. The Balaban J connectivity index is 2.45. The fraction of sp³-hybridized carbons (Fsp3) is 0.417. The maximum Gasteiger partial charge on any atom is 0.328 e. The van der Waals surface area contributed by atoms with Crippen molar-refractivity contribution in [2.75, 3.05) is 12.4 Å². The summed E-state index contributed by atoms with van der Waals surface area (Å²) in [6.45, 7) is 3.71. The van der Waals surface area contributed by atoms with Gasteiger partial charge in [-0.3, -0.25) is 0 Å². The third-order valence-electron chi connectivity index (χ3n) is 3.11. The third-order valence-corrected chi connectivity index (χ3v) is 3.11.